The monoisotopic (exact) mass is 354 g/mol. The maximum atomic E-state index is 12.2. The summed E-state index contributed by atoms with van der Waals surface area (Å²) in [5.74, 6) is 0.494. The molecule has 0 saturated carbocycles. The van der Waals surface area contributed by atoms with Gasteiger partial charge in [-0.3, -0.25) is 4.68 Å². The highest BCUT2D eigenvalue weighted by Gasteiger charge is 2.32. The van der Waals surface area contributed by atoms with Crippen molar-refractivity contribution in [2.45, 2.75) is 38.7 Å². The van der Waals surface area contributed by atoms with Crippen molar-refractivity contribution in [2.24, 2.45) is 5.92 Å². The molecule has 3 heterocycles. The molecule has 1 fully saturated rings. The van der Waals surface area contributed by atoms with Crippen molar-refractivity contribution in [3.63, 3.8) is 0 Å². The second-order valence-corrected chi connectivity index (χ2v) is 7.76. The maximum absolute atomic E-state index is 12.2. The SMILES string of the molecule is CCn1nccc1[C@@H]1OCC[C@H]1CNS(=O)(=O)Cc1cc(C)on1. The number of hydrogen-bond donors (Lipinski definition) is 1. The van der Waals surface area contributed by atoms with E-state index in [1.54, 1.807) is 19.2 Å². The summed E-state index contributed by atoms with van der Waals surface area (Å²) >= 11 is 0. The van der Waals surface area contributed by atoms with Gasteiger partial charge in [-0.15, -0.1) is 0 Å². The van der Waals surface area contributed by atoms with Crippen LogP contribution in [-0.2, 0) is 27.1 Å². The Morgan fingerprint density at radius 3 is 3.00 bits per heavy atom. The number of nitrogens with one attached hydrogen (secondary N) is 1. The Hall–Kier alpha value is -1.71. The van der Waals surface area contributed by atoms with E-state index >= 15 is 0 Å². The van der Waals surface area contributed by atoms with Crippen LogP contribution < -0.4 is 4.72 Å². The average molecular weight is 354 g/mol. The van der Waals surface area contributed by atoms with Crippen LogP contribution in [0.25, 0.3) is 0 Å². The molecule has 1 aliphatic rings. The van der Waals surface area contributed by atoms with Crippen LogP contribution in [0.2, 0.25) is 0 Å². The molecule has 8 nitrogen and oxygen atoms in total. The number of hydrogen-bond acceptors (Lipinski definition) is 6. The van der Waals surface area contributed by atoms with E-state index in [0.29, 0.717) is 24.6 Å². The first-order valence-corrected chi connectivity index (χ1v) is 9.66. The van der Waals surface area contributed by atoms with Crippen molar-refractivity contribution >= 4 is 10.0 Å². The van der Waals surface area contributed by atoms with Crippen molar-refractivity contribution in [1.82, 2.24) is 19.7 Å². The van der Waals surface area contributed by atoms with Gasteiger partial charge in [0.05, 0.1) is 5.69 Å². The van der Waals surface area contributed by atoms with Crippen molar-refractivity contribution in [2.75, 3.05) is 13.2 Å². The highest BCUT2D eigenvalue weighted by molar-refractivity contribution is 7.88. The van der Waals surface area contributed by atoms with Gasteiger partial charge in [-0.05, 0) is 26.3 Å². The molecule has 2 aromatic heterocycles. The summed E-state index contributed by atoms with van der Waals surface area (Å²) < 4.78 is 39.7. The van der Waals surface area contributed by atoms with Crippen molar-refractivity contribution in [3.8, 4) is 0 Å². The smallest absolute Gasteiger partial charge is 0.217 e. The molecule has 0 unspecified atom stereocenters. The molecule has 9 heteroatoms. The van der Waals surface area contributed by atoms with Gasteiger partial charge in [-0.25, -0.2) is 13.1 Å². The van der Waals surface area contributed by atoms with Gasteiger partial charge in [-0.2, -0.15) is 5.10 Å². The topological polar surface area (TPSA) is 99.2 Å². The Kier molecular flexibility index (Phi) is 5.02. The zero-order valence-electron chi connectivity index (χ0n) is 13.8. The molecule has 1 saturated heterocycles. The van der Waals surface area contributed by atoms with E-state index in [1.807, 2.05) is 17.7 Å². The fraction of sp³-hybridized carbons (Fsp3) is 0.600. The predicted octanol–water partition coefficient (Wildman–Crippen LogP) is 1.40. The Bertz CT molecular complexity index is 783. The Labute approximate surface area is 141 Å². The lowest BCUT2D eigenvalue weighted by molar-refractivity contribution is 0.0842. The van der Waals surface area contributed by atoms with Crippen LogP contribution >= 0.6 is 0 Å². The fourth-order valence-electron chi connectivity index (χ4n) is 2.98. The van der Waals surface area contributed by atoms with E-state index in [2.05, 4.69) is 15.0 Å². The Morgan fingerprint density at radius 1 is 1.46 bits per heavy atom. The lowest BCUT2D eigenvalue weighted by atomic mass is 9.99. The molecule has 1 aliphatic heterocycles. The van der Waals surface area contributed by atoms with E-state index in [-0.39, 0.29) is 17.8 Å². The average Bonchev–Trinajstić information content (AvgIpc) is 3.24. The summed E-state index contributed by atoms with van der Waals surface area (Å²) in [6.45, 7) is 5.45. The molecule has 3 rings (SSSR count). The molecular formula is C15H22N4O4S. The van der Waals surface area contributed by atoms with Crippen molar-refractivity contribution < 1.29 is 17.7 Å². The minimum Gasteiger partial charge on any atom is -0.372 e. The molecule has 0 aromatic carbocycles. The quantitative estimate of drug-likeness (QED) is 0.807. The first-order chi connectivity index (χ1) is 11.5. The number of sulfonamides is 1. The van der Waals surface area contributed by atoms with Crippen LogP contribution in [-0.4, -0.2) is 36.5 Å². The minimum absolute atomic E-state index is 0.0841. The van der Waals surface area contributed by atoms with Gasteiger partial charge < -0.3 is 9.26 Å². The van der Waals surface area contributed by atoms with E-state index < -0.39 is 10.0 Å². The summed E-state index contributed by atoms with van der Waals surface area (Å²) in [5.41, 5.74) is 1.40. The fourth-order valence-corrected chi connectivity index (χ4v) is 4.08. The third-order valence-electron chi connectivity index (χ3n) is 4.13. The van der Waals surface area contributed by atoms with E-state index in [4.69, 9.17) is 9.26 Å². The first-order valence-electron chi connectivity index (χ1n) is 8.01. The molecule has 0 spiro atoms. The second-order valence-electron chi connectivity index (χ2n) is 5.95. The normalized spacial score (nSPS) is 21.4. The van der Waals surface area contributed by atoms with Gasteiger partial charge in [0.2, 0.25) is 10.0 Å². The summed E-state index contributed by atoms with van der Waals surface area (Å²) in [4.78, 5) is 0. The third-order valence-corrected chi connectivity index (χ3v) is 5.42. The van der Waals surface area contributed by atoms with Crippen LogP contribution in [0.3, 0.4) is 0 Å². The molecule has 2 atom stereocenters. The lowest BCUT2D eigenvalue weighted by Gasteiger charge is -2.19. The second kappa shape index (κ2) is 7.04. The number of aromatic nitrogens is 3. The van der Waals surface area contributed by atoms with Crippen LogP contribution in [0.4, 0.5) is 0 Å². The van der Waals surface area contributed by atoms with E-state index in [9.17, 15) is 8.42 Å². The molecule has 0 aliphatic carbocycles. The lowest BCUT2D eigenvalue weighted by Crippen LogP contribution is -2.32. The number of rotatable bonds is 7. The van der Waals surface area contributed by atoms with Crippen LogP contribution in [0.15, 0.2) is 22.9 Å². The largest absolute Gasteiger partial charge is 0.372 e. The summed E-state index contributed by atoms with van der Waals surface area (Å²) in [5, 5.41) is 7.99. The minimum atomic E-state index is -3.47. The van der Waals surface area contributed by atoms with Crippen molar-refractivity contribution in [3.05, 3.63) is 35.5 Å². The highest BCUT2D eigenvalue weighted by Crippen LogP contribution is 2.34. The maximum Gasteiger partial charge on any atom is 0.217 e. The number of nitrogens with zero attached hydrogens (tertiary/aromatic N) is 3. The molecule has 2 aromatic rings. The zero-order chi connectivity index (χ0) is 17.2. The number of ether oxygens (including phenoxy) is 1. The molecular weight excluding hydrogens is 332 g/mol. The van der Waals surface area contributed by atoms with Gasteiger partial charge in [-0.1, -0.05) is 5.16 Å². The molecule has 0 radical (unpaired) electrons. The van der Waals surface area contributed by atoms with Gasteiger partial charge >= 0.3 is 0 Å². The van der Waals surface area contributed by atoms with Gasteiger partial charge in [0.15, 0.2) is 0 Å². The first kappa shape index (κ1) is 17.1. The molecule has 0 bridgehead atoms. The van der Waals surface area contributed by atoms with Crippen LogP contribution in [0, 0.1) is 12.8 Å². The highest BCUT2D eigenvalue weighted by atomic mass is 32.2. The van der Waals surface area contributed by atoms with Crippen LogP contribution in [0.5, 0.6) is 0 Å². The van der Waals surface area contributed by atoms with Crippen LogP contribution in [0.1, 0.15) is 36.6 Å². The summed E-state index contributed by atoms with van der Waals surface area (Å²) in [7, 11) is -3.47. The zero-order valence-corrected chi connectivity index (χ0v) is 14.6. The van der Waals surface area contributed by atoms with Gasteiger partial charge in [0, 0.05) is 37.9 Å². The predicted molar refractivity (Wildman–Crippen MR) is 86.6 cm³/mol. The summed E-state index contributed by atoms with van der Waals surface area (Å²) in [6, 6.07) is 3.56. The standard InChI is InChI=1S/C15H22N4O4S/c1-3-19-14(4-6-16-19)15-12(5-7-22-15)9-17-24(20,21)10-13-8-11(2)23-18-13/h4,6,8,12,15,17H,3,5,7,9-10H2,1-2H3/t12-,15+/m0/s1. The van der Waals surface area contributed by atoms with E-state index in [1.165, 1.54) is 0 Å². The molecule has 1 N–H and O–H groups in total. The summed E-state index contributed by atoms with van der Waals surface area (Å²) in [6.07, 6.45) is 2.42. The molecule has 132 valence electrons. The van der Waals surface area contributed by atoms with Gasteiger partial charge in [0.1, 0.15) is 23.3 Å². The Balaban J connectivity index is 1.62. The molecule has 0 amide bonds. The molecule has 24 heavy (non-hydrogen) atoms. The third kappa shape index (κ3) is 3.85. The number of aryl methyl sites for hydroxylation is 2. The van der Waals surface area contributed by atoms with Gasteiger partial charge in [0.25, 0.3) is 0 Å². The van der Waals surface area contributed by atoms with Crippen molar-refractivity contribution in [1.29, 1.82) is 0 Å². The Morgan fingerprint density at radius 2 is 2.29 bits per heavy atom. The van der Waals surface area contributed by atoms with E-state index in [0.717, 1.165) is 18.7 Å².